The molecule has 34 heavy (non-hydrogen) atoms. The predicted octanol–water partition coefficient (Wildman–Crippen LogP) is 2.83. The van der Waals surface area contributed by atoms with E-state index in [0.29, 0.717) is 5.82 Å². The zero-order chi connectivity index (χ0) is 23.9. The number of aliphatic carboxylic acids is 1. The van der Waals surface area contributed by atoms with Gasteiger partial charge in [0, 0.05) is 5.56 Å². The SMILES string of the molecule is O=C(O)CC(NC(=O)OCc1ccccc1)C(=O)Cn1nnc(-c2cccc3ccccc23)n1. The lowest BCUT2D eigenvalue weighted by Gasteiger charge is -2.15. The Kier molecular flexibility index (Phi) is 6.87. The lowest BCUT2D eigenvalue weighted by atomic mass is 10.0. The molecule has 3 aromatic carbocycles. The summed E-state index contributed by atoms with van der Waals surface area (Å²) in [7, 11) is 0. The van der Waals surface area contributed by atoms with Crippen LogP contribution in [0.2, 0.25) is 0 Å². The summed E-state index contributed by atoms with van der Waals surface area (Å²) in [6.45, 7) is -0.381. The number of alkyl carbamates (subject to hydrolysis) is 1. The number of carbonyl (C=O) groups is 3. The first-order valence-corrected chi connectivity index (χ1v) is 10.5. The molecule has 0 aliphatic carbocycles. The summed E-state index contributed by atoms with van der Waals surface area (Å²) in [5.74, 6) is -1.51. The normalized spacial score (nSPS) is 11.6. The maximum absolute atomic E-state index is 12.8. The van der Waals surface area contributed by atoms with Gasteiger partial charge < -0.3 is 15.2 Å². The maximum atomic E-state index is 12.8. The zero-order valence-electron chi connectivity index (χ0n) is 18.0. The summed E-state index contributed by atoms with van der Waals surface area (Å²) in [5, 5.41) is 25.7. The van der Waals surface area contributed by atoms with E-state index in [2.05, 4.69) is 20.7 Å². The van der Waals surface area contributed by atoms with E-state index in [9.17, 15) is 19.5 Å². The van der Waals surface area contributed by atoms with Crippen LogP contribution < -0.4 is 5.32 Å². The summed E-state index contributed by atoms with van der Waals surface area (Å²) in [6, 6.07) is 21.1. The fraction of sp³-hybridized carbons (Fsp3) is 0.167. The summed E-state index contributed by atoms with van der Waals surface area (Å²) < 4.78 is 5.10. The van der Waals surface area contributed by atoms with Crippen molar-refractivity contribution in [2.75, 3.05) is 0 Å². The molecule has 1 atom stereocenters. The highest BCUT2D eigenvalue weighted by Gasteiger charge is 2.25. The Labute approximate surface area is 194 Å². The highest BCUT2D eigenvalue weighted by Crippen LogP contribution is 2.25. The van der Waals surface area contributed by atoms with Crippen LogP contribution in [0.15, 0.2) is 72.8 Å². The van der Waals surface area contributed by atoms with E-state index in [4.69, 9.17) is 4.74 Å². The molecule has 0 saturated carbocycles. The summed E-state index contributed by atoms with van der Waals surface area (Å²) in [6.07, 6.45) is -1.50. The molecule has 1 unspecified atom stereocenters. The topological polar surface area (TPSA) is 136 Å². The maximum Gasteiger partial charge on any atom is 0.408 e. The molecule has 1 heterocycles. The average Bonchev–Trinajstić information content (AvgIpc) is 3.30. The van der Waals surface area contributed by atoms with E-state index < -0.39 is 30.3 Å². The van der Waals surface area contributed by atoms with Crippen molar-refractivity contribution < 1.29 is 24.2 Å². The van der Waals surface area contributed by atoms with Crippen LogP contribution in [-0.4, -0.2) is 49.2 Å². The fourth-order valence-corrected chi connectivity index (χ4v) is 3.42. The van der Waals surface area contributed by atoms with Crippen molar-refractivity contribution in [1.29, 1.82) is 0 Å². The van der Waals surface area contributed by atoms with Crippen LogP contribution in [0, 0.1) is 0 Å². The zero-order valence-corrected chi connectivity index (χ0v) is 18.0. The van der Waals surface area contributed by atoms with Gasteiger partial charge in [-0.1, -0.05) is 72.8 Å². The number of hydrogen-bond acceptors (Lipinski definition) is 7. The van der Waals surface area contributed by atoms with E-state index in [0.717, 1.165) is 26.7 Å². The first kappa shape index (κ1) is 22.6. The molecule has 10 heteroatoms. The number of hydrogen-bond donors (Lipinski definition) is 2. The van der Waals surface area contributed by atoms with Crippen LogP contribution in [0.3, 0.4) is 0 Å². The monoisotopic (exact) mass is 459 g/mol. The Morgan fingerprint density at radius 1 is 0.971 bits per heavy atom. The third-order valence-corrected chi connectivity index (χ3v) is 5.05. The van der Waals surface area contributed by atoms with Gasteiger partial charge in [0.1, 0.15) is 19.2 Å². The van der Waals surface area contributed by atoms with Crippen molar-refractivity contribution in [1.82, 2.24) is 25.5 Å². The number of carbonyl (C=O) groups excluding carboxylic acids is 2. The second-order valence-corrected chi connectivity index (χ2v) is 7.49. The number of ketones is 1. The number of amides is 1. The molecule has 172 valence electrons. The Balaban J connectivity index is 1.43. The number of nitrogens with one attached hydrogen (secondary N) is 1. The van der Waals surface area contributed by atoms with Gasteiger partial charge in [0.05, 0.1) is 6.42 Å². The molecule has 4 aromatic rings. The van der Waals surface area contributed by atoms with Gasteiger partial charge in [-0.3, -0.25) is 9.59 Å². The van der Waals surface area contributed by atoms with Crippen molar-refractivity contribution in [3.8, 4) is 11.4 Å². The molecule has 0 saturated heterocycles. The van der Waals surface area contributed by atoms with Crippen molar-refractivity contribution in [2.45, 2.75) is 25.6 Å². The van der Waals surface area contributed by atoms with Gasteiger partial charge in [-0.15, -0.1) is 10.2 Å². The number of carboxylic acid groups (broad SMARTS) is 1. The van der Waals surface area contributed by atoms with Gasteiger partial charge in [0.15, 0.2) is 5.78 Å². The van der Waals surface area contributed by atoms with E-state index in [1.165, 1.54) is 0 Å². The highest BCUT2D eigenvalue weighted by atomic mass is 16.5. The number of benzene rings is 3. The predicted molar refractivity (Wildman–Crippen MR) is 122 cm³/mol. The number of rotatable bonds is 9. The number of fused-ring (bicyclic) bond motifs is 1. The Hall–Kier alpha value is -4.60. The van der Waals surface area contributed by atoms with Gasteiger partial charge in [0.25, 0.3) is 0 Å². The number of carboxylic acids is 1. The average molecular weight is 459 g/mol. The third kappa shape index (κ3) is 5.60. The van der Waals surface area contributed by atoms with Crippen LogP contribution in [0.5, 0.6) is 0 Å². The van der Waals surface area contributed by atoms with Gasteiger partial charge in [-0.2, -0.15) is 4.80 Å². The molecule has 0 aliphatic rings. The van der Waals surface area contributed by atoms with E-state index in [1.54, 1.807) is 24.3 Å². The van der Waals surface area contributed by atoms with E-state index in [1.807, 2.05) is 48.5 Å². The van der Waals surface area contributed by atoms with Crippen molar-refractivity contribution >= 4 is 28.6 Å². The Morgan fingerprint density at radius 3 is 2.50 bits per heavy atom. The van der Waals surface area contributed by atoms with E-state index in [-0.39, 0.29) is 13.2 Å². The second kappa shape index (κ2) is 10.3. The lowest BCUT2D eigenvalue weighted by Crippen LogP contribution is -2.44. The molecular weight excluding hydrogens is 438 g/mol. The quantitative estimate of drug-likeness (QED) is 0.390. The fourth-order valence-electron chi connectivity index (χ4n) is 3.42. The second-order valence-electron chi connectivity index (χ2n) is 7.49. The number of Topliss-reactive ketones (excluding diaryl/α,β-unsaturated/α-hetero) is 1. The van der Waals surface area contributed by atoms with Gasteiger partial charge >= 0.3 is 12.1 Å². The highest BCUT2D eigenvalue weighted by molar-refractivity contribution is 5.95. The molecule has 0 fully saturated rings. The van der Waals surface area contributed by atoms with Crippen LogP contribution in [0.4, 0.5) is 4.79 Å². The van der Waals surface area contributed by atoms with Crippen molar-refractivity contribution in [3.63, 3.8) is 0 Å². The van der Waals surface area contributed by atoms with Gasteiger partial charge in [-0.05, 0) is 21.5 Å². The lowest BCUT2D eigenvalue weighted by molar-refractivity contribution is -0.139. The summed E-state index contributed by atoms with van der Waals surface area (Å²) in [4.78, 5) is 37.2. The number of aromatic nitrogens is 4. The smallest absolute Gasteiger partial charge is 0.408 e. The van der Waals surface area contributed by atoms with Crippen LogP contribution in [0.25, 0.3) is 22.2 Å². The molecule has 4 rings (SSSR count). The standard InChI is InChI=1S/C24H21N5O5/c30-21(20(13-22(31)32)25-24(33)34-15-16-7-2-1-3-8-16)14-29-27-23(26-28-29)19-12-6-10-17-9-4-5-11-18(17)19/h1-12,20H,13-15H2,(H,25,33)(H,31,32). The third-order valence-electron chi connectivity index (χ3n) is 5.05. The van der Waals surface area contributed by atoms with Gasteiger partial charge in [-0.25, -0.2) is 4.79 Å². The molecule has 2 N–H and O–H groups in total. The molecule has 0 spiro atoms. The first-order chi connectivity index (χ1) is 16.5. The van der Waals surface area contributed by atoms with Crippen LogP contribution in [-0.2, 0) is 27.5 Å². The molecule has 0 aliphatic heterocycles. The first-order valence-electron chi connectivity index (χ1n) is 10.5. The molecule has 0 radical (unpaired) electrons. The summed E-state index contributed by atoms with van der Waals surface area (Å²) >= 11 is 0. The van der Waals surface area contributed by atoms with Crippen molar-refractivity contribution in [3.05, 3.63) is 78.4 Å². The molecule has 10 nitrogen and oxygen atoms in total. The van der Waals surface area contributed by atoms with Crippen LogP contribution in [0.1, 0.15) is 12.0 Å². The Morgan fingerprint density at radius 2 is 1.71 bits per heavy atom. The Bertz CT molecular complexity index is 1320. The van der Waals surface area contributed by atoms with Crippen molar-refractivity contribution in [2.24, 2.45) is 0 Å². The largest absolute Gasteiger partial charge is 0.481 e. The molecule has 1 amide bonds. The minimum absolute atomic E-state index is 0.0142. The van der Waals surface area contributed by atoms with Crippen LogP contribution >= 0.6 is 0 Å². The number of tetrazole rings is 1. The van der Waals surface area contributed by atoms with Gasteiger partial charge in [0.2, 0.25) is 5.82 Å². The molecule has 0 bridgehead atoms. The number of nitrogens with zero attached hydrogens (tertiary/aromatic N) is 4. The minimum Gasteiger partial charge on any atom is -0.481 e. The minimum atomic E-state index is -1.31. The van der Waals surface area contributed by atoms with E-state index >= 15 is 0 Å². The molecule has 1 aromatic heterocycles. The molecular formula is C24H21N5O5. The number of ether oxygens (including phenoxy) is 1. The summed E-state index contributed by atoms with van der Waals surface area (Å²) in [5.41, 5.74) is 1.51.